The Balaban J connectivity index is 1.78. The smallest absolute Gasteiger partial charge is 0.253 e. The van der Waals surface area contributed by atoms with E-state index in [4.69, 9.17) is 0 Å². The highest BCUT2D eigenvalue weighted by Crippen LogP contribution is 2.27. The summed E-state index contributed by atoms with van der Waals surface area (Å²) in [5.41, 5.74) is 2.59. The number of para-hydroxylation sites is 2. The van der Waals surface area contributed by atoms with Gasteiger partial charge in [-0.2, -0.15) is 0 Å². The van der Waals surface area contributed by atoms with Gasteiger partial charge in [0.2, 0.25) is 0 Å². The van der Waals surface area contributed by atoms with Crippen LogP contribution in [0.15, 0.2) is 42.5 Å². The number of fused-ring (bicyclic) bond motifs is 1. The fourth-order valence-electron chi connectivity index (χ4n) is 2.62. The molecule has 1 aliphatic heterocycles. The molecule has 0 radical (unpaired) electrons. The van der Waals surface area contributed by atoms with Crippen LogP contribution >= 0.6 is 0 Å². The van der Waals surface area contributed by atoms with E-state index in [1.807, 2.05) is 12.1 Å². The van der Waals surface area contributed by atoms with Crippen LogP contribution < -0.4 is 16.0 Å². The molecule has 6 nitrogen and oxygen atoms in total. The Hall–Kier alpha value is -3.02. The zero-order valence-electron chi connectivity index (χ0n) is 13.1. The monoisotopic (exact) mass is 325 g/mol. The van der Waals surface area contributed by atoms with E-state index in [2.05, 4.69) is 16.0 Å². The number of aromatic hydroxyl groups is 1. The van der Waals surface area contributed by atoms with Gasteiger partial charge in [-0.15, -0.1) is 0 Å². The summed E-state index contributed by atoms with van der Waals surface area (Å²) < 4.78 is 0. The number of benzene rings is 2. The van der Waals surface area contributed by atoms with Crippen molar-refractivity contribution < 1.29 is 14.7 Å². The van der Waals surface area contributed by atoms with Gasteiger partial charge in [0.1, 0.15) is 5.75 Å². The Kier molecular flexibility index (Phi) is 4.65. The van der Waals surface area contributed by atoms with Gasteiger partial charge in [0.05, 0.1) is 23.5 Å². The first-order valence-electron chi connectivity index (χ1n) is 7.82. The average Bonchev–Trinajstić information content (AvgIpc) is 2.57. The second kappa shape index (κ2) is 7.04. The standard InChI is InChI=1S/C18H19N3O3/c22-13-8-9-19-17-14(5-3-6-15(17)20-11-13)18(24)21-10-12-4-1-2-7-16(12)23/h1-7,19-20,23H,8-11H2,(H,21,24). The Labute approximate surface area is 139 Å². The molecule has 0 saturated heterocycles. The van der Waals surface area contributed by atoms with Gasteiger partial charge < -0.3 is 21.1 Å². The van der Waals surface area contributed by atoms with E-state index in [1.54, 1.807) is 30.3 Å². The highest BCUT2D eigenvalue weighted by molar-refractivity contribution is 6.03. The topological polar surface area (TPSA) is 90.5 Å². The summed E-state index contributed by atoms with van der Waals surface area (Å²) in [4.78, 5) is 24.1. The van der Waals surface area contributed by atoms with Crippen molar-refractivity contribution in [2.75, 3.05) is 23.7 Å². The molecule has 2 aromatic carbocycles. The van der Waals surface area contributed by atoms with Crippen molar-refractivity contribution in [3.8, 4) is 5.75 Å². The summed E-state index contributed by atoms with van der Waals surface area (Å²) in [6.07, 6.45) is 0.417. The van der Waals surface area contributed by atoms with E-state index in [9.17, 15) is 14.7 Å². The molecule has 6 heteroatoms. The van der Waals surface area contributed by atoms with Gasteiger partial charge in [-0.05, 0) is 18.2 Å². The molecule has 1 amide bonds. The molecule has 24 heavy (non-hydrogen) atoms. The summed E-state index contributed by atoms with van der Waals surface area (Å²) >= 11 is 0. The maximum absolute atomic E-state index is 12.5. The van der Waals surface area contributed by atoms with Crippen LogP contribution in [0.2, 0.25) is 0 Å². The van der Waals surface area contributed by atoms with Gasteiger partial charge in [0.25, 0.3) is 5.91 Å². The summed E-state index contributed by atoms with van der Waals surface area (Å²) in [5.74, 6) is 0.0401. The molecule has 1 heterocycles. The van der Waals surface area contributed by atoms with Crippen LogP contribution in [0.5, 0.6) is 5.75 Å². The molecule has 0 atom stereocenters. The predicted molar refractivity (Wildman–Crippen MR) is 92.3 cm³/mol. The normalized spacial score (nSPS) is 13.8. The predicted octanol–water partition coefficient (Wildman–Crippen LogP) is 2.12. The van der Waals surface area contributed by atoms with Crippen molar-refractivity contribution in [1.29, 1.82) is 0 Å². The highest BCUT2D eigenvalue weighted by atomic mass is 16.3. The highest BCUT2D eigenvalue weighted by Gasteiger charge is 2.17. The maximum Gasteiger partial charge on any atom is 0.253 e. The lowest BCUT2D eigenvalue weighted by molar-refractivity contribution is -0.117. The number of anilines is 2. The minimum Gasteiger partial charge on any atom is -0.508 e. The van der Waals surface area contributed by atoms with Crippen molar-refractivity contribution in [2.45, 2.75) is 13.0 Å². The second-order valence-electron chi connectivity index (χ2n) is 5.61. The third kappa shape index (κ3) is 3.48. The molecule has 3 rings (SSSR count). The van der Waals surface area contributed by atoms with Gasteiger partial charge in [-0.3, -0.25) is 9.59 Å². The van der Waals surface area contributed by atoms with E-state index >= 15 is 0 Å². The number of ketones is 1. The van der Waals surface area contributed by atoms with Crippen molar-refractivity contribution in [3.63, 3.8) is 0 Å². The van der Waals surface area contributed by atoms with E-state index in [0.717, 1.165) is 5.69 Å². The number of amides is 1. The van der Waals surface area contributed by atoms with Crippen LogP contribution in [-0.2, 0) is 11.3 Å². The van der Waals surface area contributed by atoms with Gasteiger partial charge in [-0.1, -0.05) is 24.3 Å². The fraction of sp³-hybridized carbons (Fsp3) is 0.222. The Morgan fingerprint density at radius 1 is 1.12 bits per heavy atom. The van der Waals surface area contributed by atoms with Crippen LogP contribution in [0.1, 0.15) is 22.3 Å². The Morgan fingerprint density at radius 3 is 2.79 bits per heavy atom. The zero-order valence-corrected chi connectivity index (χ0v) is 13.1. The van der Waals surface area contributed by atoms with E-state index in [0.29, 0.717) is 29.8 Å². The van der Waals surface area contributed by atoms with Crippen LogP contribution in [0.25, 0.3) is 0 Å². The molecule has 0 aromatic heterocycles. The zero-order chi connectivity index (χ0) is 16.9. The number of hydrogen-bond acceptors (Lipinski definition) is 5. The minimum atomic E-state index is -0.240. The van der Waals surface area contributed by atoms with Crippen molar-refractivity contribution in [3.05, 3.63) is 53.6 Å². The number of carbonyl (C=O) groups is 2. The van der Waals surface area contributed by atoms with Gasteiger partial charge >= 0.3 is 0 Å². The van der Waals surface area contributed by atoms with Crippen molar-refractivity contribution >= 4 is 23.1 Å². The Morgan fingerprint density at radius 2 is 1.96 bits per heavy atom. The summed E-state index contributed by atoms with van der Waals surface area (Å²) in [6.45, 7) is 0.996. The molecule has 0 saturated carbocycles. The lowest BCUT2D eigenvalue weighted by atomic mass is 10.1. The van der Waals surface area contributed by atoms with Crippen molar-refractivity contribution in [2.24, 2.45) is 0 Å². The molecular formula is C18H19N3O3. The van der Waals surface area contributed by atoms with E-state index < -0.39 is 0 Å². The number of nitrogens with one attached hydrogen (secondary N) is 3. The molecule has 1 aliphatic rings. The molecule has 2 aromatic rings. The van der Waals surface area contributed by atoms with E-state index in [1.165, 1.54) is 0 Å². The van der Waals surface area contributed by atoms with Gasteiger partial charge in [0.15, 0.2) is 5.78 Å². The van der Waals surface area contributed by atoms with Gasteiger partial charge in [0, 0.05) is 25.1 Å². The number of phenolic OH excluding ortho intramolecular Hbond substituents is 1. The number of carbonyl (C=O) groups excluding carboxylic acids is 2. The Bertz CT molecular complexity index is 774. The molecule has 0 unspecified atom stereocenters. The van der Waals surface area contributed by atoms with E-state index in [-0.39, 0.29) is 30.5 Å². The first kappa shape index (κ1) is 15.9. The second-order valence-corrected chi connectivity index (χ2v) is 5.61. The third-order valence-corrected chi connectivity index (χ3v) is 3.92. The molecule has 0 fully saturated rings. The van der Waals surface area contributed by atoms with Gasteiger partial charge in [-0.25, -0.2) is 0 Å². The molecule has 4 N–H and O–H groups in total. The average molecular weight is 325 g/mol. The lowest BCUT2D eigenvalue weighted by Crippen LogP contribution is -2.26. The molecule has 0 aliphatic carbocycles. The van der Waals surface area contributed by atoms with Crippen molar-refractivity contribution in [1.82, 2.24) is 5.32 Å². The number of hydrogen-bond donors (Lipinski definition) is 4. The number of Topliss-reactive ketones (excluding diaryl/α,β-unsaturated/α-hetero) is 1. The molecule has 124 valence electrons. The number of phenols is 1. The number of rotatable bonds is 3. The van der Waals surface area contributed by atoms with Crippen LogP contribution in [0.3, 0.4) is 0 Å². The summed E-state index contributed by atoms with van der Waals surface area (Å²) in [6, 6.07) is 12.2. The first-order chi connectivity index (χ1) is 11.6. The van der Waals surface area contributed by atoms with Crippen LogP contribution in [0, 0.1) is 0 Å². The third-order valence-electron chi connectivity index (χ3n) is 3.92. The molecule has 0 bridgehead atoms. The largest absolute Gasteiger partial charge is 0.508 e. The summed E-state index contributed by atoms with van der Waals surface area (Å²) in [5, 5.41) is 18.8. The maximum atomic E-state index is 12.5. The lowest BCUT2D eigenvalue weighted by Gasteiger charge is -2.20. The SMILES string of the molecule is O=C1CCNc2c(cccc2C(=O)NCc2ccccc2O)NC1. The quantitative estimate of drug-likeness (QED) is 0.694. The molecule has 0 spiro atoms. The van der Waals surface area contributed by atoms with Crippen LogP contribution in [-0.4, -0.2) is 29.9 Å². The fourth-order valence-corrected chi connectivity index (χ4v) is 2.62. The summed E-state index contributed by atoms with van der Waals surface area (Å²) in [7, 11) is 0. The molecular weight excluding hydrogens is 306 g/mol. The minimum absolute atomic E-state index is 0.127. The first-order valence-corrected chi connectivity index (χ1v) is 7.82. The van der Waals surface area contributed by atoms with Crippen LogP contribution in [0.4, 0.5) is 11.4 Å².